The third kappa shape index (κ3) is 3.81. The van der Waals surface area contributed by atoms with Gasteiger partial charge in [-0.05, 0) is 35.1 Å². The molecule has 1 atom stereocenters. The number of hydrogen-bond donors (Lipinski definition) is 2. The second-order valence-electron chi connectivity index (χ2n) is 9.35. The van der Waals surface area contributed by atoms with Crippen molar-refractivity contribution in [3.8, 4) is 11.1 Å². The third-order valence-electron chi connectivity index (χ3n) is 7.48. The Kier molecular flexibility index (Phi) is 5.77. The summed E-state index contributed by atoms with van der Waals surface area (Å²) in [7, 11) is 1.36. The van der Waals surface area contributed by atoms with E-state index in [-0.39, 0.29) is 43.4 Å². The van der Waals surface area contributed by atoms with Gasteiger partial charge in [-0.2, -0.15) is 0 Å². The van der Waals surface area contributed by atoms with Crippen LogP contribution in [0.5, 0.6) is 0 Å². The lowest BCUT2D eigenvalue weighted by Gasteiger charge is -2.37. The first-order valence-electron chi connectivity index (χ1n) is 11.6. The van der Waals surface area contributed by atoms with E-state index in [1.807, 2.05) is 24.3 Å². The number of carbonyl (C=O) groups excluding carboxylic acids is 2. The SMILES string of the molecule is COC1(C(=O)O)CCN(C(=O)C2CC(NC(=O)OCC3c4ccccc4-c4ccccc43)C2)C1. The van der Waals surface area contributed by atoms with E-state index in [0.29, 0.717) is 19.4 Å². The van der Waals surface area contributed by atoms with Crippen molar-refractivity contribution >= 4 is 18.0 Å². The van der Waals surface area contributed by atoms with Crippen molar-refractivity contribution in [1.29, 1.82) is 0 Å². The molecule has 8 heteroatoms. The van der Waals surface area contributed by atoms with E-state index in [9.17, 15) is 19.5 Å². The number of carbonyl (C=O) groups is 3. The van der Waals surface area contributed by atoms with Gasteiger partial charge < -0.3 is 24.8 Å². The predicted octanol–water partition coefficient (Wildman–Crippen LogP) is 3.01. The summed E-state index contributed by atoms with van der Waals surface area (Å²) in [5.74, 6) is -1.35. The van der Waals surface area contributed by atoms with Crippen LogP contribution in [0.15, 0.2) is 48.5 Å². The highest BCUT2D eigenvalue weighted by Gasteiger charge is 2.49. The summed E-state index contributed by atoms with van der Waals surface area (Å²) in [4.78, 5) is 38.3. The molecule has 0 radical (unpaired) electrons. The second-order valence-corrected chi connectivity index (χ2v) is 9.35. The van der Waals surface area contributed by atoms with Crippen molar-refractivity contribution in [2.24, 2.45) is 5.92 Å². The summed E-state index contributed by atoms with van der Waals surface area (Å²) in [5.41, 5.74) is 3.34. The summed E-state index contributed by atoms with van der Waals surface area (Å²) in [5, 5.41) is 12.3. The number of methoxy groups -OCH3 is 1. The molecule has 2 aromatic carbocycles. The van der Waals surface area contributed by atoms with Crippen LogP contribution in [0.25, 0.3) is 11.1 Å². The number of rotatable bonds is 6. The number of amides is 2. The van der Waals surface area contributed by atoms with Crippen LogP contribution < -0.4 is 5.32 Å². The number of ether oxygens (including phenoxy) is 2. The summed E-state index contributed by atoms with van der Waals surface area (Å²) in [6, 6.07) is 16.2. The topological polar surface area (TPSA) is 105 Å². The number of carboxylic acid groups (broad SMARTS) is 1. The molecule has 0 spiro atoms. The predicted molar refractivity (Wildman–Crippen MR) is 123 cm³/mol. The smallest absolute Gasteiger partial charge is 0.407 e. The van der Waals surface area contributed by atoms with Gasteiger partial charge in [0.15, 0.2) is 5.60 Å². The van der Waals surface area contributed by atoms with E-state index in [2.05, 4.69) is 29.6 Å². The number of carboxylic acids is 1. The van der Waals surface area contributed by atoms with Crippen LogP contribution in [0.4, 0.5) is 4.79 Å². The zero-order valence-corrected chi connectivity index (χ0v) is 19.0. The van der Waals surface area contributed by atoms with Crippen molar-refractivity contribution in [1.82, 2.24) is 10.2 Å². The van der Waals surface area contributed by atoms with Crippen molar-refractivity contribution in [2.45, 2.75) is 36.8 Å². The molecule has 3 aliphatic rings. The number of aliphatic carboxylic acids is 1. The fraction of sp³-hybridized carbons (Fsp3) is 0.423. The highest BCUT2D eigenvalue weighted by atomic mass is 16.5. The van der Waals surface area contributed by atoms with Crippen molar-refractivity contribution in [3.05, 3.63) is 59.7 Å². The Labute approximate surface area is 197 Å². The van der Waals surface area contributed by atoms with Gasteiger partial charge in [-0.25, -0.2) is 9.59 Å². The fourth-order valence-electron chi connectivity index (χ4n) is 5.40. The maximum absolute atomic E-state index is 12.8. The number of nitrogens with zero attached hydrogens (tertiary/aromatic N) is 1. The molecule has 2 N–H and O–H groups in total. The maximum atomic E-state index is 12.8. The number of hydrogen-bond acceptors (Lipinski definition) is 5. The van der Waals surface area contributed by atoms with Crippen LogP contribution in [0.2, 0.25) is 0 Å². The van der Waals surface area contributed by atoms with Crippen LogP contribution in [0, 0.1) is 5.92 Å². The molecule has 2 fully saturated rings. The highest BCUT2D eigenvalue weighted by molar-refractivity contribution is 5.84. The summed E-state index contributed by atoms with van der Waals surface area (Å²) in [6.07, 6.45) is 0.834. The number of likely N-dealkylation sites (tertiary alicyclic amines) is 1. The zero-order valence-electron chi connectivity index (χ0n) is 19.0. The molecule has 8 nitrogen and oxygen atoms in total. The van der Waals surface area contributed by atoms with Crippen molar-refractivity contribution in [2.75, 3.05) is 26.8 Å². The molecule has 2 aliphatic carbocycles. The highest BCUT2D eigenvalue weighted by Crippen LogP contribution is 2.44. The molecule has 2 aromatic rings. The molecule has 1 saturated heterocycles. The molecule has 0 bridgehead atoms. The van der Waals surface area contributed by atoms with Gasteiger partial charge >= 0.3 is 12.1 Å². The molecular weight excluding hydrogens is 436 g/mol. The first-order chi connectivity index (χ1) is 16.4. The molecule has 178 valence electrons. The van der Waals surface area contributed by atoms with Gasteiger partial charge in [0.05, 0.1) is 6.54 Å². The van der Waals surface area contributed by atoms with Crippen molar-refractivity contribution in [3.63, 3.8) is 0 Å². The Bertz CT molecular complexity index is 1080. The summed E-state index contributed by atoms with van der Waals surface area (Å²) >= 11 is 0. The first-order valence-corrected chi connectivity index (χ1v) is 11.6. The van der Waals surface area contributed by atoms with Gasteiger partial charge in [0, 0.05) is 38.0 Å². The second kappa shape index (κ2) is 8.76. The molecule has 0 aromatic heterocycles. The Balaban J connectivity index is 1.11. The molecule has 1 aliphatic heterocycles. The minimum Gasteiger partial charge on any atom is -0.479 e. The number of nitrogens with one attached hydrogen (secondary N) is 1. The average Bonchev–Trinajstić information content (AvgIpc) is 3.40. The molecule has 34 heavy (non-hydrogen) atoms. The lowest BCUT2D eigenvalue weighted by atomic mass is 9.79. The average molecular weight is 465 g/mol. The summed E-state index contributed by atoms with van der Waals surface area (Å²) in [6.45, 7) is 0.662. The van der Waals surface area contributed by atoms with Gasteiger partial charge in [0.25, 0.3) is 0 Å². The van der Waals surface area contributed by atoms with Crippen LogP contribution in [0.3, 0.4) is 0 Å². The van der Waals surface area contributed by atoms with E-state index >= 15 is 0 Å². The Morgan fingerprint density at radius 2 is 1.68 bits per heavy atom. The van der Waals surface area contributed by atoms with E-state index in [1.165, 1.54) is 18.2 Å². The Morgan fingerprint density at radius 3 is 2.24 bits per heavy atom. The number of fused-ring (bicyclic) bond motifs is 3. The molecule has 1 unspecified atom stereocenters. The number of benzene rings is 2. The first kappa shape index (κ1) is 22.4. The minimum atomic E-state index is -1.32. The van der Waals surface area contributed by atoms with Crippen molar-refractivity contribution < 1.29 is 29.0 Å². The van der Waals surface area contributed by atoms with Crippen LogP contribution in [-0.2, 0) is 19.1 Å². The van der Waals surface area contributed by atoms with Crippen LogP contribution in [0.1, 0.15) is 36.3 Å². The monoisotopic (exact) mass is 464 g/mol. The normalized spacial score (nSPS) is 25.3. The lowest BCUT2D eigenvalue weighted by Crippen LogP contribution is -2.51. The fourth-order valence-corrected chi connectivity index (χ4v) is 5.40. The molecular formula is C26H28N2O6. The standard InChI is InChI=1S/C26H28N2O6/c1-33-26(24(30)31)10-11-28(15-26)23(29)16-12-17(13-16)27-25(32)34-14-22-20-8-4-2-6-18(20)19-7-3-5-9-21(19)22/h2-9,16-17,22H,10-15H2,1H3,(H,27,32)(H,30,31). The molecule has 1 saturated carbocycles. The van der Waals surface area contributed by atoms with E-state index in [4.69, 9.17) is 9.47 Å². The quantitative estimate of drug-likeness (QED) is 0.681. The lowest BCUT2D eigenvalue weighted by molar-refractivity contribution is -0.161. The summed E-state index contributed by atoms with van der Waals surface area (Å²) < 4.78 is 10.8. The Morgan fingerprint density at radius 1 is 1.06 bits per heavy atom. The minimum absolute atomic E-state index is 0.000630. The maximum Gasteiger partial charge on any atom is 0.407 e. The zero-order chi connectivity index (χ0) is 23.9. The van der Waals surface area contributed by atoms with Gasteiger partial charge in [-0.3, -0.25) is 4.79 Å². The van der Waals surface area contributed by atoms with Gasteiger partial charge in [0.1, 0.15) is 6.61 Å². The Hall–Kier alpha value is -3.39. The van der Waals surface area contributed by atoms with Gasteiger partial charge in [0.2, 0.25) is 5.91 Å². The molecule has 1 heterocycles. The van der Waals surface area contributed by atoms with Crippen LogP contribution in [-0.4, -0.2) is 66.4 Å². The van der Waals surface area contributed by atoms with Crippen LogP contribution >= 0.6 is 0 Å². The largest absolute Gasteiger partial charge is 0.479 e. The van der Waals surface area contributed by atoms with Gasteiger partial charge in [-0.15, -0.1) is 0 Å². The van der Waals surface area contributed by atoms with Gasteiger partial charge in [-0.1, -0.05) is 48.5 Å². The third-order valence-corrected chi connectivity index (χ3v) is 7.48. The number of alkyl carbamates (subject to hydrolysis) is 1. The van der Waals surface area contributed by atoms with E-state index in [1.54, 1.807) is 4.90 Å². The van der Waals surface area contributed by atoms with E-state index < -0.39 is 17.7 Å². The molecule has 5 rings (SSSR count). The molecule has 2 amide bonds. The van der Waals surface area contributed by atoms with E-state index in [0.717, 1.165) is 11.1 Å².